The summed E-state index contributed by atoms with van der Waals surface area (Å²) in [4.78, 5) is 1.76. The topological polar surface area (TPSA) is 3.24 Å². The first kappa shape index (κ1) is 9.90. The van der Waals surface area contributed by atoms with Crippen LogP contribution in [0.25, 0.3) is 0 Å². The molecule has 0 saturated carbocycles. The fraction of sp³-hybridized carbons (Fsp3) is 1.00. The fourth-order valence-corrected chi connectivity index (χ4v) is 1.95. The second-order valence-electron chi connectivity index (χ2n) is 4.86. The largest absolute Gasteiger partial charge is 0.297 e. The van der Waals surface area contributed by atoms with Crippen LogP contribution in [0.15, 0.2) is 0 Å². The fourth-order valence-electron chi connectivity index (χ4n) is 1.95. The number of likely N-dealkylation sites (tertiary alicyclic amines) is 1. The predicted molar refractivity (Wildman–Crippen MR) is 45.4 cm³/mol. The van der Waals surface area contributed by atoms with Crippen LogP contribution < -0.4 is 0 Å². The van der Waals surface area contributed by atoms with E-state index in [4.69, 9.17) is 0 Å². The van der Waals surface area contributed by atoms with Crippen LogP contribution in [-0.2, 0) is 0 Å². The lowest BCUT2D eigenvalue weighted by Gasteiger charge is -2.31. The second kappa shape index (κ2) is 2.66. The molecule has 1 nitrogen and oxygen atoms in total. The molecule has 0 spiro atoms. The van der Waals surface area contributed by atoms with E-state index in [2.05, 4.69) is 0 Å². The maximum atomic E-state index is 12.9. The predicted octanol–water partition coefficient (Wildman–Crippen LogP) is 2.37. The molecule has 72 valence electrons. The Morgan fingerprint density at radius 1 is 1.33 bits per heavy atom. The molecule has 0 N–H and O–H groups in total. The molecule has 1 atom stereocenters. The van der Waals surface area contributed by atoms with Crippen molar-refractivity contribution in [2.75, 3.05) is 13.6 Å². The van der Waals surface area contributed by atoms with Crippen molar-refractivity contribution in [3.8, 4) is 0 Å². The smallest absolute Gasteiger partial charge is 0.262 e. The number of hydrogen-bond acceptors (Lipinski definition) is 1. The van der Waals surface area contributed by atoms with Crippen LogP contribution >= 0.6 is 0 Å². The third kappa shape index (κ3) is 1.94. The van der Waals surface area contributed by atoms with Gasteiger partial charge in [-0.2, -0.15) is 0 Å². The van der Waals surface area contributed by atoms with Crippen molar-refractivity contribution in [1.82, 2.24) is 4.90 Å². The van der Waals surface area contributed by atoms with Crippen LogP contribution in [0.3, 0.4) is 0 Å². The molecule has 1 aliphatic rings. The lowest BCUT2D eigenvalue weighted by atomic mass is 9.85. The number of hydrogen-bond donors (Lipinski definition) is 0. The first-order valence-electron chi connectivity index (χ1n) is 4.30. The zero-order chi connectivity index (χ0) is 9.57. The summed E-state index contributed by atoms with van der Waals surface area (Å²) >= 11 is 0. The van der Waals surface area contributed by atoms with Gasteiger partial charge in [0, 0.05) is 12.5 Å². The van der Waals surface area contributed by atoms with Crippen molar-refractivity contribution in [3.05, 3.63) is 0 Å². The van der Waals surface area contributed by atoms with Gasteiger partial charge in [0.2, 0.25) is 0 Å². The van der Waals surface area contributed by atoms with Crippen LogP contribution in [-0.4, -0.2) is 30.5 Å². The third-order valence-electron chi connectivity index (χ3n) is 2.50. The summed E-state index contributed by atoms with van der Waals surface area (Å²) < 4.78 is 25.9. The molecule has 0 amide bonds. The summed E-state index contributed by atoms with van der Waals surface area (Å²) in [5.74, 6) is -2.48. The first-order valence-corrected chi connectivity index (χ1v) is 4.30. The molecule has 1 unspecified atom stereocenters. The number of halogens is 2. The summed E-state index contributed by atoms with van der Waals surface area (Å²) in [7, 11) is 1.77. The van der Waals surface area contributed by atoms with Crippen molar-refractivity contribution in [3.63, 3.8) is 0 Å². The Kier molecular flexibility index (Phi) is 2.19. The van der Waals surface area contributed by atoms with Crippen LogP contribution in [0.2, 0.25) is 0 Å². The normalized spacial score (nSPS) is 31.0. The van der Waals surface area contributed by atoms with Gasteiger partial charge in [-0.1, -0.05) is 20.8 Å². The van der Waals surface area contributed by atoms with Gasteiger partial charge in [0.1, 0.15) is 0 Å². The van der Waals surface area contributed by atoms with E-state index in [1.807, 2.05) is 20.8 Å². The molecule has 0 aromatic heterocycles. The Bertz CT molecular complexity index is 172. The minimum atomic E-state index is -2.48. The van der Waals surface area contributed by atoms with Gasteiger partial charge in [-0.25, -0.2) is 8.78 Å². The molecule has 0 radical (unpaired) electrons. The van der Waals surface area contributed by atoms with Crippen molar-refractivity contribution >= 4 is 0 Å². The third-order valence-corrected chi connectivity index (χ3v) is 2.50. The Morgan fingerprint density at radius 3 is 2.00 bits per heavy atom. The Labute approximate surface area is 72.7 Å². The summed E-state index contributed by atoms with van der Waals surface area (Å²) in [6.07, 6.45) is 0.00694. The summed E-state index contributed by atoms with van der Waals surface area (Å²) in [5, 5.41) is 0. The highest BCUT2D eigenvalue weighted by Gasteiger charge is 2.47. The van der Waals surface area contributed by atoms with Gasteiger partial charge in [-0.05, 0) is 12.5 Å². The Hall–Kier alpha value is -0.180. The van der Waals surface area contributed by atoms with Crippen LogP contribution in [0.4, 0.5) is 8.78 Å². The summed E-state index contributed by atoms with van der Waals surface area (Å²) in [6.45, 7) is 5.94. The number of alkyl halides is 2. The second-order valence-corrected chi connectivity index (χ2v) is 4.86. The Balaban J connectivity index is 2.71. The molecule has 3 heteroatoms. The van der Waals surface area contributed by atoms with Gasteiger partial charge in [0.15, 0.2) is 0 Å². The SMILES string of the molecule is CN1CC(F)(F)CC1C(C)(C)C. The molecule has 0 aromatic rings. The summed E-state index contributed by atoms with van der Waals surface area (Å²) in [6, 6.07) is 0.00694. The maximum absolute atomic E-state index is 12.9. The molecule has 1 rings (SSSR count). The van der Waals surface area contributed by atoms with E-state index < -0.39 is 5.92 Å². The lowest BCUT2D eigenvalue weighted by Crippen LogP contribution is -2.36. The van der Waals surface area contributed by atoms with Crippen molar-refractivity contribution < 1.29 is 8.78 Å². The Morgan fingerprint density at radius 2 is 1.83 bits per heavy atom. The van der Waals surface area contributed by atoms with E-state index in [9.17, 15) is 8.78 Å². The molecule has 1 heterocycles. The highest BCUT2D eigenvalue weighted by molar-refractivity contribution is 4.94. The number of rotatable bonds is 0. The van der Waals surface area contributed by atoms with Gasteiger partial charge >= 0.3 is 0 Å². The van der Waals surface area contributed by atoms with Gasteiger partial charge in [-0.3, -0.25) is 4.90 Å². The number of nitrogens with zero attached hydrogens (tertiary/aromatic N) is 1. The molecule has 1 saturated heterocycles. The van der Waals surface area contributed by atoms with Crippen LogP contribution in [0.1, 0.15) is 27.2 Å². The molecular formula is C9H17F2N. The minimum absolute atomic E-state index is 0.00694. The minimum Gasteiger partial charge on any atom is -0.297 e. The highest BCUT2D eigenvalue weighted by Crippen LogP contribution is 2.39. The monoisotopic (exact) mass is 177 g/mol. The standard InChI is InChI=1S/C9H17F2N/c1-8(2,3)7-5-9(10,11)6-12(7)4/h7H,5-6H2,1-4H3. The van der Waals surface area contributed by atoms with Crippen molar-refractivity contribution in [2.45, 2.75) is 39.2 Å². The van der Waals surface area contributed by atoms with E-state index in [1.165, 1.54) is 0 Å². The highest BCUT2D eigenvalue weighted by atomic mass is 19.3. The molecule has 12 heavy (non-hydrogen) atoms. The van der Waals surface area contributed by atoms with Gasteiger partial charge < -0.3 is 0 Å². The van der Waals surface area contributed by atoms with E-state index in [1.54, 1.807) is 11.9 Å². The average Bonchev–Trinajstić information content (AvgIpc) is 2.03. The van der Waals surface area contributed by atoms with Crippen molar-refractivity contribution in [2.24, 2.45) is 5.41 Å². The van der Waals surface area contributed by atoms with Crippen LogP contribution in [0.5, 0.6) is 0 Å². The van der Waals surface area contributed by atoms with Gasteiger partial charge in [-0.15, -0.1) is 0 Å². The van der Waals surface area contributed by atoms with E-state index >= 15 is 0 Å². The van der Waals surface area contributed by atoms with Gasteiger partial charge in [0.25, 0.3) is 5.92 Å². The first-order chi connectivity index (χ1) is 5.22. The van der Waals surface area contributed by atoms with E-state index in [0.29, 0.717) is 0 Å². The average molecular weight is 177 g/mol. The van der Waals surface area contributed by atoms with Crippen molar-refractivity contribution in [1.29, 1.82) is 0 Å². The molecule has 0 aromatic carbocycles. The quantitative estimate of drug-likeness (QED) is 0.549. The molecule has 1 aliphatic heterocycles. The zero-order valence-electron chi connectivity index (χ0n) is 8.19. The summed E-state index contributed by atoms with van der Waals surface area (Å²) in [5.41, 5.74) is -0.0469. The molecular weight excluding hydrogens is 160 g/mol. The van der Waals surface area contributed by atoms with Gasteiger partial charge in [0.05, 0.1) is 6.54 Å². The van der Waals surface area contributed by atoms with Crippen LogP contribution in [0, 0.1) is 5.41 Å². The molecule has 1 fully saturated rings. The maximum Gasteiger partial charge on any atom is 0.262 e. The molecule has 0 aliphatic carbocycles. The lowest BCUT2D eigenvalue weighted by molar-refractivity contribution is 0.0130. The zero-order valence-corrected chi connectivity index (χ0v) is 8.19. The van der Waals surface area contributed by atoms with E-state index in [-0.39, 0.29) is 24.4 Å². The van der Waals surface area contributed by atoms with E-state index in [0.717, 1.165) is 0 Å². The molecule has 0 bridgehead atoms.